The second-order valence-electron chi connectivity index (χ2n) is 11.6. The molecule has 1 unspecified atom stereocenters. The van der Waals surface area contributed by atoms with Gasteiger partial charge in [0.15, 0.2) is 5.82 Å². The number of nitrogens with zero attached hydrogens (tertiary/aromatic N) is 4. The van der Waals surface area contributed by atoms with E-state index < -0.39 is 0 Å². The van der Waals surface area contributed by atoms with Gasteiger partial charge in [-0.25, -0.2) is 14.8 Å². The molecule has 2 aromatic rings. The van der Waals surface area contributed by atoms with Crippen LogP contribution in [0.2, 0.25) is 0 Å². The summed E-state index contributed by atoms with van der Waals surface area (Å²) in [6, 6.07) is 7.79. The summed E-state index contributed by atoms with van der Waals surface area (Å²) in [7, 11) is 0. The number of nitrogens with one attached hydrogen (secondary N) is 2. The first-order chi connectivity index (χ1) is 18.2. The largest absolute Gasteiger partial charge is 0.396 e. The van der Waals surface area contributed by atoms with Gasteiger partial charge in [-0.15, -0.1) is 0 Å². The van der Waals surface area contributed by atoms with Crippen LogP contribution < -0.4 is 15.5 Å². The van der Waals surface area contributed by atoms with E-state index in [4.69, 9.17) is 14.7 Å². The lowest BCUT2D eigenvalue weighted by Crippen LogP contribution is -2.45. The van der Waals surface area contributed by atoms with Crippen molar-refractivity contribution in [3.05, 3.63) is 35.5 Å². The normalized spacial score (nSPS) is 18.2. The highest BCUT2D eigenvalue weighted by molar-refractivity contribution is 5.89. The minimum atomic E-state index is -0.191. The topological polar surface area (TPSA) is 103 Å². The maximum Gasteiger partial charge on any atom is 0.319 e. The molecule has 4 rings (SSSR count). The molecule has 1 aromatic heterocycles. The van der Waals surface area contributed by atoms with Crippen LogP contribution in [-0.2, 0) is 17.7 Å². The molecule has 3 heterocycles. The molecule has 1 saturated heterocycles. The number of fused-ring (bicyclic) bond motifs is 1. The Morgan fingerprint density at radius 3 is 2.66 bits per heavy atom. The summed E-state index contributed by atoms with van der Waals surface area (Å²) in [5.74, 6) is 1.71. The van der Waals surface area contributed by atoms with Crippen LogP contribution in [0.5, 0.6) is 0 Å². The predicted molar refractivity (Wildman–Crippen MR) is 151 cm³/mol. The van der Waals surface area contributed by atoms with Gasteiger partial charge >= 0.3 is 6.03 Å². The number of aliphatic hydroxyl groups is 1. The highest BCUT2D eigenvalue weighted by Crippen LogP contribution is 2.31. The lowest BCUT2D eigenvalue weighted by atomic mass is 9.91. The van der Waals surface area contributed by atoms with E-state index in [1.54, 1.807) is 0 Å². The average Bonchev–Trinajstić information content (AvgIpc) is 2.89. The number of hydrogen-bond donors (Lipinski definition) is 3. The van der Waals surface area contributed by atoms with Crippen molar-refractivity contribution >= 4 is 17.5 Å². The third kappa shape index (κ3) is 7.65. The van der Waals surface area contributed by atoms with Crippen molar-refractivity contribution in [2.24, 2.45) is 5.41 Å². The van der Waals surface area contributed by atoms with E-state index >= 15 is 0 Å². The van der Waals surface area contributed by atoms with Crippen LogP contribution in [0.3, 0.4) is 0 Å². The molecule has 9 nitrogen and oxygen atoms in total. The van der Waals surface area contributed by atoms with Gasteiger partial charge in [0.2, 0.25) is 0 Å². The maximum absolute atomic E-state index is 12.3. The number of ether oxygens (including phenoxy) is 1. The quantitative estimate of drug-likeness (QED) is 0.425. The van der Waals surface area contributed by atoms with Crippen molar-refractivity contribution < 1.29 is 14.6 Å². The molecule has 9 heteroatoms. The first kappa shape index (κ1) is 28.3. The average molecular weight is 525 g/mol. The number of anilines is 2. The van der Waals surface area contributed by atoms with Crippen LogP contribution in [0.4, 0.5) is 16.3 Å². The van der Waals surface area contributed by atoms with Crippen LogP contribution in [0.1, 0.15) is 58.2 Å². The first-order valence-electron chi connectivity index (χ1n) is 14.0. The van der Waals surface area contributed by atoms with Gasteiger partial charge in [0.1, 0.15) is 5.82 Å². The van der Waals surface area contributed by atoms with Crippen molar-refractivity contribution in [1.82, 2.24) is 20.2 Å². The van der Waals surface area contributed by atoms with Gasteiger partial charge in [0, 0.05) is 56.1 Å². The summed E-state index contributed by atoms with van der Waals surface area (Å²) < 4.78 is 5.69. The highest BCUT2D eigenvalue weighted by Gasteiger charge is 2.28. The van der Waals surface area contributed by atoms with Gasteiger partial charge in [0.25, 0.3) is 0 Å². The Morgan fingerprint density at radius 2 is 1.95 bits per heavy atom. The van der Waals surface area contributed by atoms with E-state index in [1.807, 2.05) is 24.3 Å². The molecule has 38 heavy (non-hydrogen) atoms. The van der Waals surface area contributed by atoms with Crippen LogP contribution in [0.25, 0.3) is 11.4 Å². The van der Waals surface area contributed by atoms with Crippen molar-refractivity contribution in [3.8, 4) is 11.4 Å². The minimum absolute atomic E-state index is 0.191. The van der Waals surface area contributed by atoms with Gasteiger partial charge in [-0.2, -0.15) is 0 Å². The molecule has 1 atom stereocenters. The maximum atomic E-state index is 12.3. The number of morpholine rings is 1. The molecule has 2 amide bonds. The second kappa shape index (κ2) is 12.9. The lowest BCUT2D eigenvalue weighted by molar-refractivity contribution is 0.0983. The Balaban J connectivity index is 1.50. The number of aromatic nitrogens is 2. The molecule has 208 valence electrons. The molecule has 1 aromatic carbocycles. The van der Waals surface area contributed by atoms with Crippen molar-refractivity contribution in [1.29, 1.82) is 0 Å². The fourth-order valence-corrected chi connectivity index (χ4v) is 5.06. The fraction of sp³-hybridized carbons (Fsp3) is 0.621. The Morgan fingerprint density at radius 1 is 1.16 bits per heavy atom. The van der Waals surface area contributed by atoms with E-state index in [9.17, 15) is 9.90 Å². The summed E-state index contributed by atoms with van der Waals surface area (Å²) in [4.78, 5) is 27.1. The van der Waals surface area contributed by atoms with Crippen LogP contribution in [0, 0.1) is 5.41 Å². The van der Waals surface area contributed by atoms with Gasteiger partial charge in [-0.3, -0.25) is 4.90 Å². The van der Waals surface area contributed by atoms with E-state index in [-0.39, 0.29) is 24.1 Å². The predicted octanol–water partition coefficient (Wildman–Crippen LogP) is 4.06. The molecule has 3 N–H and O–H groups in total. The zero-order valence-corrected chi connectivity index (χ0v) is 23.4. The molecule has 0 spiro atoms. The van der Waals surface area contributed by atoms with Gasteiger partial charge in [-0.1, -0.05) is 20.8 Å². The standard InChI is InChI=1S/C29H44N6O3/c1-21-20-38-18-16-35(21)27-24-11-15-34(14-6-17-36)19-25(24)32-26(33-27)22-7-9-23(10-8-22)31-28(37)30-13-5-12-29(2,3)4/h7-10,21,36H,5-6,11-20H2,1-4H3,(H2,30,31,37). The summed E-state index contributed by atoms with van der Waals surface area (Å²) in [6.45, 7) is 14.4. The van der Waals surface area contributed by atoms with E-state index in [0.717, 1.165) is 74.6 Å². The highest BCUT2D eigenvalue weighted by atomic mass is 16.5. The molecule has 1 fully saturated rings. The van der Waals surface area contributed by atoms with Crippen LogP contribution >= 0.6 is 0 Å². The molecular weight excluding hydrogens is 480 g/mol. The van der Waals surface area contributed by atoms with Crippen LogP contribution in [-0.4, -0.2) is 78.0 Å². The summed E-state index contributed by atoms with van der Waals surface area (Å²) in [6.07, 6.45) is 3.67. The minimum Gasteiger partial charge on any atom is -0.396 e. The number of urea groups is 1. The van der Waals surface area contributed by atoms with Crippen molar-refractivity contribution in [2.45, 2.75) is 66.0 Å². The molecule has 0 aliphatic carbocycles. The fourth-order valence-electron chi connectivity index (χ4n) is 5.06. The number of carbonyl (C=O) groups is 1. The Bertz CT molecular complexity index is 1070. The SMILES string of the molecule is CC1COCCN1c1nc(-c2ccc(NC(=O)NCCCC(C)(C)C)cc2)nc2c1CCN(CCCO)C2. The third-order valence-electron chi connectivity index (χ3n) is 7.18. The zero-order valence-electron chi connectivity index (χ0n) is 23.4. The van der Waals surface area contributed by atoms with E-state index in [1.165, 1.54) is 5.56 Å². The Kier molecular flexibility index (Phi) is 9.57. The summed E-state index contributed by atoms with van der Waals surface area (Å²) in [5, 5.41) is 15.1. The molecule has 2 aliphatic rings. The Hall–Kier alpha value is -2.75. The number of hydrogen-bond acceptors (Lipinski definition) is 7. The third-order valence-corrected chi connectivity index (χ3v) is 7.18. The molecule has 0 bridgehead atoms. The van der Waals surface area contributed by atoms with Crippen LogP contribution in [0.15, 0.2) is 24.3 Å². The van der Waals surface area contributed by atoms with Crippen molar-refractivity contribution in [2.75, 3.05) is 56.2 Å². The van der Waals surface area contributed by atoms with Gasteiger partial charge in [-0.05, 0) is 62.3 Å². The molecule has 2 aliphatic heterocycles. The first-order valence-corrected chi connectivity index (χ1v) is 14.0. The van der Waals surface area contributed by atoms with E-state index in [2.05, 4.69) is 48.1 Å². The van der Waals surface area contributed by atoms with Crippen molar-refractivity contribution in [3.63, 3.8) is 0 Å². The smallest absolute Gasteiger partial charge is 0.319 e. The molecule has 0 radical (unpaired) electrons. The summed E-state index contributed by atoms with van der Waals surface area (Å²) in [5.41, 5.74) is 4.20. The molecule has 0 saturated carbocycles. The molecular formula is C29H44N6O3. The number of amides is 2. The number of rotatable bonds is 9. The monoisotopic (exact) mass is 524 g/mol. The number of carbonyl (C=O) groups excluding carboxylic acids is 1. The van der Waals surface area contributed by atoms with Gasteiger partial charge in [0.05, 0.1) is 24.9 Å². The lowest BCUT2D eigenvalue weighted by Gasteiger charge is -2.37. The zero-order chi connectivity index (χ0) is 27.1. The number of aliphatic hydroxyl groups excluding tert-OH is 1. The second-order valence-corrected chi connectivity index (χ2v) is 11.6. The van der Waals surface area contributed by atoms with Gasteiger partial charge < -0.3 is 25.4 Å². The number of benzene rings is 1. The van der Waals surface area contributed by atoms with E-state index in [0.29, 0.717) is 25.6 Å². The summed E-state index contributed by atoms with van der Waals surface area (Å²) >= 11 is 0. The Labute approximate surface area is 227 Å².